The number of carboxylic acid groups (broad SMARTS) is 1. The lowest BCUT2D eigenvalue weighted by molar-refractivity contribution is -0.137. The Morgan fingerprint density at radius 3 is 2.37 bits per heavy atom. The first-order valence-electron chi connectivity index (χ1n) is 13.0. The van der Waals surface area contributed by atoms with Crippen LogP contribution in [0, 0.1) is 19.8 Å². The fraction of sp³-hybridized carbons (Fsp3) is 0.517. The summed E-state index contributed by atoms with van der Waals surface area (Å²) in [6, 6.07) is 1.14. The Morgan fingerprint density at radius 1 is 1.08 bits per heavy atom. The van der Waals surface area contributed by atoms with E-state index < -0.39 is 23.5 Å². The number of benzene rings is 1. The third-order valence-electron chi connectivity index (χ3n) is 7.17. The summed E-state index contributed by atoms with van der Waals surface area (Å²) in [5.41, 5.74) is 2.98. The second-order valence-electron chi connectivity index (χ2n) is 11.0. The van der Waals surface area contributed by atoms with Crippen molar-refractivity contribution in [1.82, 2.24) is 10.6 Å². The maximum atomic E-state index is 13.1. The number of hydrogen-bond donors (Lipinski definition) is 3. The van der Waals surface area contributed by atoms with Gasteiger partial charge in [-0.1, -0.05) is 41.0 Å². The molecule has 38 heavy (non-hydrogen) atoms. The van der Waals surface area contributed by atoms with Crippen LogP contribution in [0.2, 0.25) is 0 Å². The molecule has 0 aliphatic carbocycles. The van der Waals surface area contributed by atoms with Gasteiger partial charge in [0.15, 0.2) is 0 Å². The minimum Gasteiger partial charge on any atom is -0.481 e. The van der Waals surface area contributed by atoms with Crippen molar-refractivity contribution in [2.45, 2.75) is 85.6 Å². The average molecular weight is 527 g/mol. The van der Waals surface area contributed by atoms with Gasteiger partial charge in [0.25, 0.3) is 0 Å². The molecule has 3 aromatic rings. The van der Waals surface area contributed by atoms with Crippen molar-refractivity contribution < 1.29 is 28.3 Å². The number of aryl methyl sites for hydroxylation is 2. The van der Waals surface area contributed by atoms with Gasteiger partial charge in [0, 0.05) is 34.9 Å². The van der Waals surface area contributed by atoms with Crippen molar-refractivity contribution in [3.8, 4) is 0 Å². The molecule has 1 aromatic carbocycles. The molecule has 3 rings (SSSR count). The van der Waals surface area contributed by atoms with Gasteiger partial charge in [0.2, 0.25) is 11.8 Å². The standard InChI is InChI=1S/C29H38N2O7/c1-8-15(2)24(27(35)30-11-9-10-23(33)34)31-22(32)13-19-16(3)18-12-20-21(29(5,6)7)14-37-25(20)17(4)26(18)38-28(19)36/h12,14-15,24H,8-11,13H2,1-7H3,(H,30,35)(H,31,32)(H,33,34)/t15-,24+/m0/s1. The molecule has 2 atom stereocenters. The molecule has 2 aromatic heterocycles. The Bertz CT molecular complexity index is 1420. The Morgan fingerprint density at radius 2 is 1.76 bits per heavy atom. The van der Waals surface area contributed by atoms with Crippen molar-refractivity contribution in [3.63, 3.8) is 0 Å². The molecule has 9 heteroatoms. The second-order valence-corrected chi connectivity index (χ2v) is 11.0. The molecule has 0 saturated carbocycles. The van der Waals surface area contributed by atoms with E-state index in [1.807, 2.05) is 26.8 Å². The van der Waals surface area contributed by atoms with Crippen LogP contribution in [0.5, 0.6) is 0 Å². The van der Waals surface area contributed by atoms with E-state index in [2.05, 4.69) is 31.4 Å². The van der Waals surface area contributed by atoms with Crippen LogP contribution in [0.3, 0.4) is 0 Å². The van der Waals surface area contributed by atoms with Gasteiger partial charge in [-0.25, -0.2) is 4.79 Å². The maximum absolute atomic E-state index is 13.1. The average Bonchev–Trinajstić information content (AvgIpc) is 3.28. The molecule has 0 spiro atoms. The van der Waals surface area contributed by atoms with E-state index in [9.17, 15) is 19.2 Å². The fourth-order valence-electron chi connectivity index (χ4n) is 4.63. The minimum atomic E-state index is -0.936. The van der Waals surface area contributed by atoms with Crippen molar-refractivity contribution in [2.24, 2.45) is 5.92 Å². The lowest BCUT2D eigenvalue weighted by Gasteiger charge is -2.23. The van der Waals surface area contributed by atoms with Crippen LogP contribution in [0.15, 0.2) is 26.0 Å². The number of aliphatic carboxylic acids is 1. The van der Waals surface area contributed by atoms with Gasteiger partial charge in [-0.15, -0.1) is 0 Å². The predicted molar refractivity (Wildman–Crippen MR) is 145 cm³/mol. The van der Waals surface area contributed by atoms with Crippen molar-refractivity contribution in [3.05, 3.63) is 45.0 Å². The van der Waals surface area contributed by atoms with Gasteiger partial charge >= 0.3 is 11.6 Å². The summed E-state index contributed by atoms with van der Waals surface area (Å²) < 4.78 is 11.5. The molecule has 0 radical (unpaired) electrons. The van der Waals surface area contributed by atoms with Gasteiger partial charge in [0.1, 0.15) is 17.2 Å². The first-order valence-corrected chi connectivity index (χ1v) is 13.0. The van der Waals surface area contributed by atoms with Crippen LogP contribution in [0.25, 0.3) is 21.9 Å². The molecule has 0 aliphatic heterocycles. The number of hydrogen-bond acceptors (Lipinski definition) is 6. The molecular formula is C29H38N2O7. The maximum Gasteiger partial charge on any atom is 0.340 e. The molecule has 206 valence electrons. The highest BCUT2D eigenvalue weighted by molar-refractivity contribution is 6.00. The van der Waals surface area contributed by atoms with Crippen LogP contribution < -0.4 is 16.3 Å². The van der Waals surface area contributed by atoms with Crippen LogP contribution in [-0.4, -0.2) is 35.5 Å². The molecule has 0 unspecified atom stereocenters. The molecule has 0 bridgehead atoms. The first-order chi connectivity index (χ1) is 17.8. The number of furan rings is 1. The Hall–Kier alpha value is -3.62. The molecule has 3 N–H and O–H groups in total. The number of carboxylic acids is 1. The summed E-state index contributed by atoms with van der Waals surface area (Å²) in [5, 5.41) is 15.9. The van der Waals surface area contributed by atoms with Crippen molar-refractivity contribution >= 4 is 39.7 Å². The zero-order chi connectivity index (χ0) is 28.4. The SMILES string of the molecule is CC[C@H](C)[C@@H](NC(=O)Cc1c(C)c2cc3c(C(C)(C)C)coc3c(C)c2oc1=O)C(=O)NCCCC(=O)O. The molecule has 0 fully saturated rings. The molecule has 0 aliphatic rings. The highest BCUT2D eigenvalue weighted by atomic mass is 16.4. The van der Waals surface area contributed by atoms with E-state index in [1.54, 1.807) is 13.2 Å². The molecule has 2 amide bonds. The lowest BCUT2D eigenvalue weighted by atomic mass is 9.86. The van der Waals surface area contributed by atoms with Crippen LogP contribution in [0.1, 0.15) is 76.1 Å². The zero-order valence-corrected chi connectivity index (χ0v) is 23.2. The summed E-state index contributed by atoms with van der Waals surface area (Å²) in [6.45, 7) is 13.9. The highest BCUT2D eigenvalue weighted by Crippen LogP contribution is 2.37. The van der Waals surface area contributed by atoms with E-state index >= 15 is 0 Å². The first kappa shape index (κ1) is 28.9. The highest BCUT2D eigenvalue weighted by Gasteiger charge is 2.28. The fourth-order valence-corrected chi connectivity index (χ4v) is 4.63. The summed E-state index contributed by atoms with van der Waals surface area (Å²) in [5.74, 6) is -1.95. The quantitative estimate of drug-likeness (QED) is 0.261. The van der Waals surface area contributed by atoms with Gasteiger partial charge in [-0.2, -0.15) is 0 Å². The van der Waals surface area contributed by atoms with E-state index in [0.717, 1.165) is 21.9 Å². The lowest BCUT2D eigenvalue weighted by Crippen LogP contribution is -2.51. The van der Waals surface area contributed by atoms with Crippen LogP contribution in [0.4, 0.5) is 0 Å². The number of carbonyl (C=O) groups is 3. The van der Waals surface area contributed by atoms with E-state index in [0.29, 0.717) is 29.6 Å². The molecule has 0 saturated heterocycles. The number of amides is 2. The predicted octanol–water partition coefficient (Wildman–Crippen LogP) is 4.51. The Labute approximate surface area is 222 Å². The third-order valence-corrected chi connectivity index (χ3v) is 7.17. The largest absolute Gasteiger partial charge is 0.481 e. The van der Waals surface area contributed by atoms with E-state index in [1.165, 1.54) is 0 Å². The number of fused-ring (bicyclic) bond motifs is 2. The summed E-state index contributed by atoms with van der Waals surface area (Å²) >= 11 is 0. The summed E-state index contributed by atoms with van der Waals surface area (Å²) in [6.07, 6.45) is 2.37. The van der Waals surface area contributed by atoms with Gasteiger partial charge in [-0.3, -0.25) is 14.4 Å². The summed E-state index contributed by atoms with van der Waals surface area (Å²) in [4.78, 5) is 49.5. The van der Waals surface area contributed by atoms with Crippen LogP contribution in [-0.2, 0) is 26.2 Å². The zero-order valence-electron chi connectivity index (χ0n) is 23.2. The van der Waals surface area contributed by atoms with Crippen molar-refractivity contribution in [2.75, 3.05) is 6.54 Å². The summed E-state index contributed by atoms with van der Waals surface area (Å²) in [7, 11) is 0. The Balaban J connectivity index is 1.90. The monoisotopic (exact) mass is 526 g/mol. The number of carbonyl (C=O) groups excluding carboxylic acids is 2. The van der Waals surface area contributed by atoms with E-state index in [4.69, 9.17) is 13.9 Å². The molecule has 9 nitrogen and oxygen atoms in total. The smallest absolute Gasteiger partial charge is 0.340 e. The topological polar surface area (TPSA) is 139 Å². The van der Waals surface area contributed by atoms with Gasteiger partial charge in [-0.05, 0) is 43.2 Å². The number of nitrogens with one attached hydrogen (secondary N) is 2. The van der Waals surface area contributed by atoms with Crippen molar-refractivity contribution in [1.29, 1.82) is 0 Å². The normalized spacial score (nSPS) is 13.4. The third kappa shape index (κ3) is 6.09. The van der Waals surface area contributed by atoms with Gasteiger partial charge in [0.05, 0.1) is 18.2 Å². The van der Waals surface area contributed by atoms with Crippen LogP contribution >= 0.6 is 0 Å². The second kappa shape index (κ2) is 11.4. The van der Waals surface area contributed by atoms with Gasteiger partial charge < -0.3 is 24.6 Å². The number of rotatable bonds is 10. The Kier molecular flexibility index (Phi) is 8.69. The van der Waals surface area contributed by atoms with E-state index in [-0.39, 0.29) is 42.2 Å². The molecule has 2 heterocycles. The molecular weight excluding hydrogens is 488 g/mol. The minimum absolute atomic E-state index is 0.0561.